The number of carbonyl (C=O) groups excluding carboxylic acids is 2. The van der Waals surface area contributed by atoms with Gasteiger partial charge in [-0.15, -0.1) is 0 Å². The van der Waals surface area contributed by atoms with Gasteiger partial charge in [0, 0.05) is 5.69 Å². The van der Waals surface area contributed by atoms with Gasteiger partial charge in [-0.1, -0.05) is 30.3 Å². The summed E-state index contributed by atoms with van der Waals surface area (Å²) in [6.45, 7) is 5.84. The second-order valence-electron chi connectivity index (χ2n) is 8.04. The van der Waals surface area contributed by atoms with Gasteiger partial charge in [-0.3, -0.25) is 9.59 Å². The molecule has 0 aromatic heterocycles. The molecule has 0 spiro atoms. The standard InChI is InChI=1S/C27H26N2O4/c1-16-6-8-18(3)21(14-16)28-25-24(19-9-11-20(32-4)12-10-19)26(30)29(27(25)31)22-15-17(2)7-13-23(22)33-5/h6-15,28H,1-5H3. The minimum Gasteiger partial charge on any atom is -0.497 e. The number of hydrogen-bond donors (Lipinski definition) is 1. The number of aryl methyl sites for hydroxylation is 3. The van der Waals surface area contributed by atoms with E-state index in [4.69, 9.17) is 9.47 Å². The molecule has 168 valence electrons. The van der Waals surface area contributed by atoms with Crippen LogP contribution in [-0.4, -0.2) is 26.0 Å². The number of rotatable bonds is 6. The fraction of sp³-hybridized carbons (Fsp3) is 0.185. The van der Waals surface area contributed by atoms with Gasteiger partial charge in [0.1, 0.15) is 17.2 Å². The molecule has 3 aromatic rings. The molecule has 0 unspecified atom stereocenters. The Bertz CT molecular complexity index is 1280. The van der Waals surface area contributed by atoms with Crippen molar-refractivity contribution in [1.29, 1.82) is 0 Å². The molecular weight excluding hydrogens is 416 g/mol. The average molecular weight is 443 g/mol. The summed E-state index contributed by atoms with van der Waals surface area (Å²) in [5, 5.41) is 3.25. The monoisotopic (exact) mass is 442 g/mol. The Morgan fingerprint density at radius 2 is 1.42 bits per heavy atom. The molecule has 1 aliphatic rings. The van der Waals surface area contributed by atoms with Crippen molar-refractivity contribution in [3.05, 3.63) is 88.6 Å². The lowest BCUT2D eigenvalue weighted by molar-refractivity contribution is -0.120. The van der Waals surface area contributed by atoms with E-state index < -0.39 is 11.8 Å². The summed E-state index contributed by atoms with van der Waals surface area (Å²) in [7, 11) is 3.10. The van der Waals surface area contributed by atoms with Crippen molar-refractivity contribution in [2.45, 2.75) is 20.8 Å². The molecular formula is C27H26N2O4. The highest BCUT2D eigenvalue weighted by Crippen LogP contribution is 2.39. The molecule has 0 atom stereocenters. The number of methoxy groups -OCH3 is 2. The van der Waals surface area contributed by atoms with Gasteiger partial charge in [-0.25, -0.2) is 4.90 Å². The minimum atomic E-state index is -0.435. The highest BCUT2D eigenvalue weighted by molar-refractivity contribution is 6.46. The smallest absolute Gasteiger partial charge is 0.282 e. The third-order valence-corrected chi connectivity index (χ3v) is 5.69. The van der Waals surface area contributed by atoms with Crippen LogP contribution in [0, 0.1) is 20.8 Å². The number of carbonyl (C=O) groups is 2. The number of benzene rings is 3. The van der Waals surface area contributed by atoms with E-state index in [1.807, 2.05) is 45.0 Å². The molecule has 1 aliphatic heterocycles. The lowest BCUT2D eigenvalue weighted by atomic mass is 10.0. The van der Waals surface area contributed by atoms with Gasteiger partial charge in [-0.05, 0) is 73.4 Å². The maximum atomic E-state index is 13.7. The molecule has 2 amide bonds. The van der Waals surface area contributed by atoms with Crippen LogP contribution >= 0.6 is 0 Å². The number of hydrogen-bond acceptors (Lipinski definition) is 5. The minimum absolute atomic E-state index is 0.224. The number of nitrogens with zero attached hydrogens (tertiary/aromatic N) is 1. The number of anilines is 2. The number of imide groups is 1. The van der Waals surface area contributed by atoms with E-state index in [0.29, 0.717) is 28.3 Å². The first-order valence-electron chi connectivity index (χ1n) is 10.6. The summed E-state index contributed by atoms with van der Waals surface area (Å²) in [5.74, 6) is 0.263. The summed E-state index contributed by atoms with van der Waals surface area (Å²) in [6.07, 6.45) is 0. The lowest BCUT2D eigenvalue weighted by Crippen LogP contribution is -2.32. The first kappa shape index (κ1) is 22.1. The summed E-state index contributed by atoms with van der Waals surface area (Å²) in [4.78, 5) is 28.6. The van der Waals surface area contributed by atoms with Gasteiger partial charge in [0.15, 0.2) is 0 Å². The molecule has 3 aromatic carbocycles. The Hall–Kier alpha value is -4.06. The Kier molecular flexibility index (Phi) is 5.92. The van der Waals surface area contributed by atoms with Crippen molar-refractivity contribution in [3.8, 4) is 11.5 Å². The third kappa shape index (κ3) is 4.07. The molecule has 0 bridgehead atoms. The predicted molar refractivity (Wildman–Crippen MR) is 130 cm³/mol. The van der Waals surface area contributed by atoms with Gasteiger partial charge < -0.3 is 14.8 Å². The van der Waals surface area contributed by atoms with E-state index in [0.717, 1.165) is 22.4 Å². The van der Waals surface area contributed by atoms with Crippen LogP contribution in [0.4, 0.5) is 11.4 Å². The number of nitrogens with one attached hydrogen (secondary N) is 1. The predicted octanol–water partition coefficient (Wildman–Crippen LogP) is 5.03. The molecule has 0 saturated heterocycles. The second-order valence-corrected chi connectivity index (χ2v) is 8.04. The average Bonchev–Trinajstić information content (AvgIpc) is 3.05. The molecule has 1 heterocycles. The van der Waals surface area contributed by atoms with Crippen molar-refractivity contribution >= 4 is 28.8 Å². The molecule has 33 heavy (non-hydrogen) atoms. The van der Waals surface area contributed by atoms with E-state index in [-0.39, 0.29) is 5.70 Å². The lowest BCUT2D eigenvalue weighted by Gasteiger charge is -2.19. The van der Waals surface area contributed by atoms with Gasteiger partial charge in [-0.2, -0.15) is 0 Å². The van der Waals surface area contributed by atoms with Crippen LogP contribution in [0.25, 0.3) is 5.57 Å². The molecule has 6 heteroatoms. The largest absolute Gasteiger partial charge is 0.497 e. The van der Waals surface area contributed by atoms with E-state index in [2.05, 4.69) is 5.32 Å². The molecule has 4 rings (SSSR count). The van der Waals surface area contributed by atoms with Gasteiger partial charge in [0.2, 0.25) is 0 Å². The van der Waals surface area contributed by atoms with Crippen LogP contribution in [0.5, 0.6) is 11.5 Å². The molecule has 0 aliphatic carbocycles. The van der Waals surface area contributed by atoms with E-state index in [1.54, 1.807) is 43.5 Å². The maximum Gasteiger partial charge on any atom is 0.282 e. The van der Waals surface area contributed by atoms with E-state index in [1.165, 1.54) is 12.0 Å². The van der Waals surface area contributed by atoms with E-state index in [9.17, 15) is 9.59 Å². The first-order valence-corrected chi connectivity index (χ1v) is 10.6. The molecule has 0 saturated carbocycles. The normalized spacial score (nSPS) is 13.5. The van der Waals surface area contributed by atoms with Crippen molar-refractivity contribution in [1.82, 2.24) is 0 Å². The van der Waals surface area contributed by atoms with Crippen molar-refractivity contribution in [2.24, 2.45) is 0 Å². The Morgan fingerprint density at radius 1 is 0.758 bits per heavy atom. The van der Waals surface area contributed by atoms with Gasteiger partial charge in [0.05, 0.1) is 25.5 Å². The quantitative estimate of drug-likeness (QED) is 0.543. The van der Waals surface area contributed by atoms with Gasteiger partial charge >= 0.3 is 0 Å². The Balaban J connectivity index is 1.87. The summed E-state index contributed by atoms with van der Waals surface area (Å²) in [5.41, 5.74) is 5.25. The summed E-state index contributed by atoms with van der Waals surface area (Å²) >= 11 is 0. The molecule has 0 radical (unpaired) electrons. The zero-order valence-corrected chi connectivity index (χ0v) is 19.4. The van der Waals surface area contributed by atoms with Crippen LogP contribution < -0.4 is 19.7 Å². The van der Waals surface area contributed by atoms with Gasteiger partial charge in [0.25, 0.3) is 11.8 Å². The number of amides is 2. The fourth-order valence-electron chi connectivity index (χ4n) is 3.87. The Morgan fingerprint density at radius 3 is 2.09 bits per heavy atom. The maximum absolute atomic E-state index is 13.7. The zero-order chi connectivity index (χ0) is 23.7. The van der Waals surface area contributed by atoms with Crippen molar-refractivity contribution in [2.75, 3.05) is 24.4 Å². The molecule has 0 fully saturated rings. The Labute approximate surface area is 193 Å². The third-order valence-electron chi connectivity index (χ3n) is 5.69. The van der Waals surface area contributed by atoms with Crippen LogP contribution in [0.1, 0.15) is 22.3 Å². The topological polar surface area (TPSA) is 67.9 Å². The van der Waals surface area contributed by atoms with Crippen LogP contribution in [0.2, 0.25) is 0 Å². The van der Waals surface area contributed by atoms with Crippen LogP contribution in [0.3, 0.4) is 0 Å². The fourth-order valence-corrected chi connectivity index (χ4v) is 3.87. The first-order chi connectivity index (χ1) is 15.8. The van der Waals surface area contributed by atoms with Crippen LogP contribution in [-0.2, 0) is 9.59 Å². The van der Waals surface area contributed by atoms with Crippen LogP contribution in [0.15, 0.2) is 66.4 Å². The van der Waals surface area contributed by atoms with E-state index >= 15 is 0 Å². The zero-order valence-electron chi connectivity index (χ0n) is 19.4. The van der Waals surface area contributed by atoms with Crippen molar-refractivity contribution in [3.63, 3.8) is 0 Å². The molecule has 1 N–H and O–H groups in total. The second kappa shape index (κ2) is 8.82. The van der Waals surface area contributed by atoms with Crippen molar-refractivity contribution < 1.29 is 19.1 Å². The highest BCUT2D eigenvalue weighted by Gasteiger charge is 2.41. The summed E-state index contributed by atoms with van der Waals surface area (Å²) < 4.78 is 10.7. The highest BCUT2D eigenvalue weighted by atomic mass is 16.5. The SMILES string of the molecule is COc1ccc(C2=C(Nc3cc(C)ccc3C)C(=O)N(c3cc(C)ccc3OC)C2=O)cc1. The molecule has 6 nitrogen and oxygen atoms in total. The summed E-state index contributed by atoms with van der Waals surface area (Å²) in [6, 6.07) is 18.5. The number of ether oxygens (including phenoxy) is 2.